The van der Waals surface area contributed by atoms with Gasteiger partial charge in [0.05, 0.1) is 17.6 Å². The van der Waals surface area contributed by atoms with Gasteiger partial charge in [-0.15, -0.1) is 0 Å². The Bertz CT molecular complexity index is 1580. The number of ether oxygens (including phenoxy) is 2. The molecule has 2 aliphatic heterocycles. The maximum atomic E-state index is 14.0. The number of nitro groups is 1. The Kier molecular flexibility index (Phi) is 9.58. The van der Waals surface area contributed by atoms with Gasteiger partial charge in [0.25, 0.3) is 5.69 Å². The number of aliphatic imine (C=N–C) groups is 1. The molecule has 2 heterocycles. The molecule has 0 spiro atoms. The van der Waals surface area contributed by atoms with Crippen LogP contribution in [0.5, 0.6) is 0 Å². The van der Waals surface area contributed by atoms with E-state index in [4.69, 9.17) is 9.47 Å². The van der Waals surface area contributed by atoms with Crippen molar-refractivity contribution in [3.63, 3.8) is 0 Å². The predicted molar refractivity (Wildman–Crippen MR) is 172 cm³/mol. The number of carbonyl (C=O) groups is 2. The molecule has 3 aromatic carbocycles. The lowest BCUT2D eigenvalue weighted by Gasteiger charge is -2.34. The van der Waals surface area contributed by atoms with Crippen LogP contribution in [0.1, 0.15) is 62.1 Å². The fraction of sp³-hybridized carbons (Fsp3) is 0.361. The number of hydrogen-bond donors (Lipinski definition) is 0. The molecule has 9 nitrogen and oxygen atoms in total. The van der Waals surface area contributed by atoms with Gasteiger partial charge in [-0.1, -0.05) is 72.8 Å². The largest absolute Gasteiger partial charge is 0.466 e. The first-order chi connectivity index (χ1) is 21.6. The number of nitro benzene ring substituents is 1. The zero-order valence-electron chi connectivity index (χ0n) is 26.1. The number of rotatable bonds is 10. The summed E-state index contributed by atoms with van der Waals surface area (Å²) in [5.74, 6) is -2.71. The number of allylic oxidation sites excluding steroid dienone is 1. The number of esters is 2. The molecule has 9 heteroatoms. The van der Waals surface area contributed by atoms with Crippen LogP contribution in [0.2, 0.25) is 0 Å². The zero-order chi connectivity index (χ0) is 32.1. The highest BCUT2D eigenvalue weighted by Gasteiger charge is 2.46. The van der Waals surface area contributed by atoms with E-state index in [0.29, 0.717) is 29.9 Å². The van der Waals surface area contributed by atoms with E-state index in [9.17, 15) is 19.7 Å². The van der Waals surface area contributed by atoms with Gasteiger partial charge in [-0.05, 0) is 50.4 Å². The third-order valence-corrected chi connectivity index (χ3v) is 8.93. The molecule has 3 aromatic rings. The van der Waals surface area contributed by atoms with E-state index in [2.05, 4.69) is 58.4 Å². The first-order valence-corrected chi connectivity index (χ1v) is 15.2. The fourth-order valence-corrected chi connectivity index (χ4v) is 6.72. The summed E-state index contributed by atoms with van der Waals surface area (Å²) in [6, 6.07) is 27.0. The van der Waals surface area contributed by atoms with Gasteiger partial charge < -0.3 is 9.47 Å². The molecule has 3 atom stereocenters. The minimum Gasteiger partial charge on any atom is -0.466 e. The third-order valence-electron chi connectivity index (χ3n) is 8.93. The second kappa shape index (κ2) is 13.6. The normalized spacial score (nSPS) is 21.8. The van der Waals surface area contributed by atoms with Crippen molar-refractivity contribution in [3.8, 4) is 0 Å². The van der Waals surface area contributed by atoms with Crippen molar-refractivity contribution in [2.45, 2.75) is 51.0 Å². The summed E-state index contributed by atoms with van der Waals surface area (Å²) in [7, 11) is 1.26. The van der Waals surface area contributed by atoms with Gasteiger partial charge in [0.2, 0.25) is 0 Å². The van der Waals surface area contributed by atoms with Crippen molar-refractivity contribution in [2.75, 3.05) is 26.7 Å². The molecule has 0 bridgehead atoms. The lowest BCUT2D eigenvalue weighted by molar-refractivity contribution is -0.384. The highest BCUT2D eigenvalue weighted by molar-refractivity contribution is 6.07. The number of methoxy groups -OCH3 is 1. The van der Waals surface area contributed by atoms with Crippen molar-refractivity contribution in [3.05, 3.63) is 123 Å². The van der Waals surface area contributed by atoms with Crippen LogP contribution in [0.25, 0.3) is 0 Å². The van der Waals surface area contributed by atoms with Crippen molar-refractivity contribution in [1.82, 2.24) is 4.90 Å². The maximum Gasteiger partial charge on any atom is 0.336 e. The standard InChI is InChI=1S/C36H39N3O6/c1-24-31(34(40)44-4)33(28-16-11-17-29(22-28)39(42)43)32(25(2)37-24)35(41)45-36(3)19-21-38(23-36)20-18-30(26-12-7-5-8-13-26)27-14-9-6-10-15-27/h5-17,22,30,32-33H,18-21,23H2,1-4H3/t32-,33?,36+/m1/s1. The fourth-order valence-electron chi connectivity index (χ4n) is 6.72. The number of nitrogens with zero attached hydrogens (tertiary/aromatic N) is 3. The first-order valence-electron chi connectivity index (χ1n) is 15.2. The van der Waals surface area contributed by atoms with E-state index < -0.39 is 34.3 Å². The van der Waals surface area contributed by atoms with Crippen LogP contribution in [0, 0.1) is 16.0 Å². The summed E-state index contributed by atoms with van der Waals surface area (Å²) in [6.45, 7) is 7.52. The summed E-state index contributed by atoms with van der Waals surface area (Å²) < 4.78 is 11.3. The number of hydrogen-bond acceptors (Lipinski definition) is 8. The van der Waals surface area contributed by atoms with Gasteiger partial charge in [-0.25, -0.2) is 4.79 Å². The van der Waals surface area contributed by atoms with E-state index in [-0.39, 0.29) is 17.2 Å². The Morgan fingerprint density at radius 1 is 1.02 bits per heavy atom. The van der Waals surface area contributed by atoms with E-state index in [1.54, 1.807) is 26.0 Å². The van der Waals surface area contributed by atoms with Crippen LogP contribution >= 0.6 is 0 Å². The van der Waals surface area contributed by atoms with E-state index in [1.807, 2.05) is 19.1 Å². The van der Waals surface area contributed by atoms with Gasteiger partial charge in [-0.2, -0.15) is 0 Å². The minimum absolute atomic E-state index is 0.135. The molecule has 0 aromatic heterocycles. The van der Waals surface area contributed by atoms with Crippen LogP contribution in [0.15, 0.2) is 101 Å². The van der Waals surface area contributed by atoms with Gasteiger partial charge in [-0.3, -0.25) is 24.8 Å². The van der Waals surface area contributed by atoms with Crippen LogP contribution < -0.4 is 0 Å². The van der Waals surface area contributed by atoms with Crippen LogP contribution in [0.4, 0.5) is 5.69 Å². The summed E-state index contributed by atoms with van der Waals surface area (Å²) in [6.07, 6.45) is 1.57. The lowest BCUT2D eigenvalue weighted by Crippen LogP contribution is -2.42. The van der Waals surface area contributed by atoms with Crippen molar-refractivity contribution < 1.29 is 24.0 Å². The molecule has 0 amide bonds. The van der Waals surface area contributed by atoms with Crippen LogP contribution in [0.3, 0.4) is 0 Å². The monoisotopic (exact) mass is 609 g/mol. The highest BCUT2D eigenvalue weighted by atomic mass is 16.6. The molecule has 45 heavy (non-hydrogen) atoms. The van der Waals surface area contributed by atoms with Crippen molar-refractivity contribution >= 4 is 23.3 Å². The SMILES string of the molecule is COC(=O)C1=C(C)N=C(C)[C@@H](C(=O)O[C@@]2(C)CCN(CCC(c3ccccc3)c3ccccc3)C2)C1c1cccc([N+](=O)[O-])c1. The predicted octanol–water partition coefficient (Wildman–Crippen LogP) is 6.45. The summed E-state index contributed by atoms with van der Waals surface area (Å²) in [5, 5.41) is 11.6. The molecule has 0 saturated carbocycles. The quantitative estimate of drug-likeness (QED) is 0.148. The topological polar surface area (TPSA) is 111 Å². The minimum atomic E-state index is -0.948. The highest BCUT2D eigenvalue weighted by Crippen LogP contribution is 2.42. The molecule has 234 valence electrons. The van der Waals surface area contributed by atoms with E-state index in [1.165, 1.54) is 30.4 Å². The maximum absolute atomic E-state index is 14.0. The van der Waals surface area contributed by atoms with Crippen molar-refractivity contribution in [1.29, 1.82) is 0 Å². The molecule has 0 radical (unpaired) electrons. The van der Waals surface area contributed by atoms with Crippen LogP contribution in [-0.2, 0) is 19.1 Å². The molecule has 0 N–H and O–H groups in total. The summed E-state index contributed by atoms with van der Waals surface area (Å²) in [4.78, 5) is 45.0. The molecule has 2 aliphatic rings. The zero-order valence-corrected chi connectivity index (χ0v) is 26.1. The molecule has 1 fully saturated rings. The molecule has 1 unspecified atom stereocenters. The third kappa shape index (κ3) is 7.04. The average Bonchev–Trinajstić information content (AvgIpc) is 3.41. The van der Waals surface area contributed by atoms with E-state index >= 15 is 0 Å². The number of likely N-dealkylation sites (tertiary alicyclic amines) is 1. The lowest BCUT2D eigenvalue weighted by atomic mass is 9.75. The molecular formula is C36H39N3O6. The van der Waals surface area contributed by atoms with E-state index in [0.717, 1.165) is 19.5 Å². The van der Waals surface area contributed by atoms with Gasteiger partial charge in [0.15, 0.2) is 0 Å². The molecule has 5 rings (SSSR count). The Hall–Kier alpha value is -4.63. The van der Waals surface area contributed by atoms with Gasteiger partial charge in [0, 0.05) is 54.9 Å². The molecule has 0 aliphatic carbocycles. The Morgan fingerprint density at radius 2 is 1.67 bits per heavy atom. The smallest absolute Gasteiger partial charge is 0.336 e. The van der Waals surface area contributed by atoms with Gasteiger partial charge in [0.1, 0.15) is 11.5 Å². The number of benzene rings is 3. The second-order valence-corrected chi connectivity index (χ2v) is 12.1. The second-order valence-electron chi connectivity index (χ2n) is 12.1. The first kappa shape index (κ1) is 31.8. The van der Waals surface area contributed by atoms with Crippen LogP contribution in [-0.4, -0.2) is 59.8 Å². The summed E-state index contributed by atoms with van der Waals surface area (Å²) in [5.41, 5.74) is 3.17. The average molecular weight is 610 g/mol. The Morgan fingerprint density at radius 3 is 2.27 bits per heavy atom. The van der Waals surface area contributed by atoms with Gasteiger partial charge >= 0.3 is 11.9 Å². The number of carbonyl (C=O) groups excluding carboxylic acids is 2. The Labute approximate surface area is 263 Å². The van der Waals surface area contributed by atoms with Crippen molar-refractivity contribution in [2.24, 2.45) is 10.9 Å². The summed E-state index contributed by atoms with van der Waals surface area (Å²) >= 11 is 0. The molecule has 1 saturated heterocycles. The molecular weight excluding hydrogens is 570 g/mol. The number of non-ortho nitro benzene ring substituents is 1. The Balaban J connectivity index is 1.34.